The van der Waals surface area contributed by atoms with Crippen molar-refractivity contribution in [2.45, 2.75) is 60.5 Å². The zero-order valence-corrected chi connectivity index (χ0v) is 10.1. The van der Waals surface area contributed by atoms with E-state index in [-0.39, 0.29) is 6.10 Å². The molecule has 0 radical (unpaired) electrons. The van der Waals surface area contributed by atoms with Crippen molar-refractivity contribution in [2.75, 3.05) is 0 Å². The van der Waals surface area contributed by atoms with Gasteiger partial charge in [0.15, 0.2) is 0 Å². The fourth-order valence-electron chi connectivity index (χ4n) is 1.81. The van der Waals surface area contributed by atoms with Gasteiger partial charge in [-0.1, -0.05) is 41.5 Å². The fraction of sp³-hybridized carbons (Fsp3) is 1.00. The van der Waals surface area contributed by atoms with Crippen molar-refractivity contribution in [1.29, 1.82) is 0 Å². The summed E-state index contributed by atoms with van der Waals surface area (Å²) in [6.45, 7) is 13.2. The highest BCUT2D eigenvalue weighted by Crippen LogP contribution is 2.27. The second-order valence-corrected chi connectivity index (χ2v) is 5.92. The van der Waals surface area contributed by atoms with Crippen molar-refractivity contribution in [2.24, 2.45) is 17.3 Å². The first-order chi connectivity index (χ1) is 5.72. The highest BCUT2D eigenvalue weighted by molar-refractivity contribution is 4.70. The number of aliphatic hydroxyl groups excluding tert-OH is 1. The lowest BCUT2D eigenvalue weighted by molar-refractivity contribution is 0.0913. The molecule has 0 aromatic carbocycles. The van der Waals surface area contributed by atoms with Crippen LogP contribution in [0.1, 0.15) is 54.4 Å². The van der Waals surface area contributed by atoms with Gasteiger partial charge in [-0.25, -0.2) is 0 Å². The van der Waals surface area contributed by atoms with E-state index in [1.54, 1.807) is 0 Å². The Morgan fingerprint density at radius 1 is 1.08 bits per heavy atom. The Kier molecular flexibility index (Phi) is 4.98. The molecule has 80 valence electrons. The van der Waals surface area contributed by atoms with E-state index in [9.17, 15) is 5.11 Å². The Bertz CT molecular complexity index is 133. The van der Waals surface area contributed by atoms with Gasteiger partial charge in [0, 0.05) is 0 Å². The van der Waals surface area contributed by atoms with Crippen LogP contribution in [0.15, 0.2) is 0 Å². The Labute approximate surface area is 83.5 Å². The van der Waals surface area contributed by atoms with Crippen LogP contribution in [-0.2, 0) is 0 Å². The molecule has 0 amide bonds. The fourth-order valence-corrected chi connectivity index (χ4v) is 1.81. The molecule has 1 N–H and O–H groups in total. The standard InChI is InChI=1S/C12H26O/c1-9(2)11(13)7-10(3)8-12(4,5)6/h9-11,13H,7-8H2,1-6H3. The highest BCUT2D eigenvalue weighted by atomic mass is 16.3. The summed E-state index contributed by atoms with van der Waals surface area (Å²) in [5.74, 6) is 1.01. The molecule has 0 rings (SSSR count). The van der Waals surface area contributed by atoms with Gasteiger partial charge in [-0.15, -0.1) is 0 Å². The van der Waals surface area contributed by atoms with Crippen LogP contribution in [0.3, 0.4) is 0 Å². The summed E-state index contributed by atoms with van der Waals surface area (Å²) < 4.78 is 0. The summed E-state index contributed by atoms with van der Waals surface area (Å²) in [6, 6.07) is 0. The molecular formula is C12H26O. The van der Waals surface area contributed by atoms with Crippen molar-refractivity contribution in [3.05, 3.63) is 0 Å². The van der Waals surface area contributed by atoms with Gasteiger partial charge in [-0.3, -0.25) is 0 Å². The van der Waals surface area contributed by atoms with E-state index in [0.29, 0.717) is 17.3 Å². The van der Waals surface area contributed by atoms with Crippen LogP contribution in [0.4, 0.5) is 0 Å². The normalized spacial score (nSPS) is 17.5. The van der Waals surface area contributed by atoms with Crippen molar-refractivity contribution in [1.82, 2.24) is 0 Å². The van der Waals surface area contributed by atoms with Crippen molar-refractivity contribution in [3.63, 3.8) is 0 Å². The first-order valence-electron chi connectivity index (χ1n) is 5.40. The van der Waals surface area contributed by atoms with Gasteiger partial charge in [-0.2, -0.15) is 0 Å². The molecule has 1 heteroatoms. The molecular weight excluding hydrogens is 160 g/mol. The van der Waals surface area contributed by atoms with E-state index in [0.717, 1.165) is 6.42 Å². The lowest BCUT2D eigenvalue weighted by Gasteiger charge is -2.26. The zero-order valence-electron chi connectivity index (χ0n) is 10.1. The number of rotatable bonds is 4. The molecule has 0 saturated carbocycles. The van der Waals surface area contributed by atoms with Gasteiger partial charge < -0.3 is 5.11 Å². The molecule has 0 saturated heterocycles. The van der Waals surface area contributed by atoms with Crippen LogP contribution < -0.4 is 0 Å². The third-order valence-electron chi connectivity index (χ3n) is 2.37. The monoisotopic (exact) mass is 186 g/mol. The molecule has 1 nitrogen and oxygen atoms in total. The van der Waals surface area contributed by atoms with Crippen LogP contribution in [-0.4, -0.2) is 11.2 Å². The average Bonchev–Trinajstić information content (AvgIpc) is 1.81. The maximum Gasteiger partial charge on any atom is 0.0565 e. The van der Waals surface area contributed by atoms with Crippen LogP contribution in [0, 0.1) is 17.3 Å². The average molecular weight is 186 g/mol. The molecule has 0 aliphatic heterocycles. The molecule has 2 unspecified atom stereocenters. The topological polar surface area (TPSA) is 20.2 Å². The number of hydrogen-bond donors (Lipinski definition) is 1. The van der Waals surface area contributed by atoms with Crippen LogP contribution >= 0.6 is 0 Å². The lowest BCUT2D eigenvalue weighted by Crippen LogP contribution is -2.21. The Morgan fingerprint density at radius 3 is 1.85 bits per heavy atom. The second kappa shape index (κ2) is 4.99. The van der Waals surface area contributed by atoms with Crippen molar-refractivity contribution in [3.8, 4) is 0 Å². The van der Waals surface area contributed by atoms with E-state index in [1.807, 2.05) is 0 Å². The van der Waals surface area contributed by atoms with Gasteiger partial charge in [0.2, 0.25) is 0 Å². The SMILES string of the molecule is CC(CC(O)C(C)C)CC(C)(C)C. The predicted octanol–water partition coefficient (Wildman–Crippen LogP) is 3.47. The Balaban J connectivity index is 3.81. The quantitative estimate of drug-likeness (QED) is 0.713. The lowest BCUT2D eigenvalue weighted by atomic mass is 9.82. The maximum atomic E-state index is 9.69. The van der Waals surface area contributed by atoms with Gasteiger partial charge in [0.05, 0.1) is 6.10 Å². The highest BCUT2D eigenvalue weighted by Gasteiger charge is 2.19. The molecule has 0 aromatic rings. The largest absolute Gasteiger partial charge is 0.393 e. The van der Waals surface area contributed by atoms with Crippen LogP contribution in [0.25, 0.3) is 0 Å². The molecule has 0 aliphatic carbocycles. The zero-order chi connectivity index (χ0) is 10.6. The number of hydrogen-bond acceptors (Lipinski definition) is 1. The molecule has 13 heavy (non-hydrogen) atoms. The van der Waals surface area contributed by atoms with Gasteiger partial charge in [-0.05, 0) is 30.1 Å². The molecule has 0 bridgehead atoms. The minimum absolute atomic E-state index is 0.127. The van der Waals surface area contributed by atoms with E-state index in [4.69, 9.17) is 0 Å². The van der Waals surface area contributed by atoms with E-state index >= 15 is 0 Å². The van der Waals surface area contributed by atoms with E-state index in [2.05, 4.69) is 41.5 Å². The van der Waals surface area contributed by atoms with E-state index in [1.165, 1.54) is 6.42 Å². The molecule has 0 aromatic heterocycles. The molecule has 2 atom stereocenters. The first-order valence-corrected chi connectivity index (χ1v) is 5.40. The maximum absolute atomic E-state index is 9.69. The first kappa shape index (κ1) is 13.0. The minimum atomic E-state index is -0.127. The van der Waals surface area contributed by atoms with E-state index < -0.39 is 0 Å². The van der Waals surface area contributed by atoms with Gasteiger partial charge >= 0.3 is 0 Å². The third kappa shape index (κ3) is 7.06. The Hall–Kier alpha value is -0.0400. The molecule has 0 spiro atoms. The summed E-state index contributed by atoms with van der Waals surface area (Å²) >= 11 is 0. The summed E-state index contributed by atoms with van der Waals surface area (Å²) in [7, 11) is 0. The van der Waals surface area contributed by atoms with Crippen molar-refractivity contribution < 1.29 is 5.11 Å². The van der Waals surface area contributed by atoms with Gasteiger partial charge in [0.25, 0.3) is 0 Å². The second-order valence-electron chi connectivity index (χ2n) is 5.92. The minimum Gasteiger partial charge on any atom is -0.393 e. The van der Waals surface area contributed by atoms with Gasteiger partial charge in [0.1, 0.15) is 0 Å². The Morgan fingerprint density at radius 2 is 1.54 bits per heavy atom. The summed E-state index contributed by atoms with van der Waals surface area (Å²) in [5, 5.41) is 9.69. The van der Waals surface area contributed by atoms with Crippen molar-refractivity contribution >= 4 is 0 Å². The summed E-state index contributed by atoms with van der Waals surface area (Å²) in [5.41, 5.74) is 0.385. The molecule has 0 fully saturated rings. The number of aliphatic hydroxyl groups is 1. The summed E-state index contributed by atoms with van der Waals surface area (Å²) in [4.78, 5) is 0. The predicted molar refractivity (Wildman–Crippen MR) is 58.7 cm³/mol. The molecule has 0 heterocycles. The smallest absolute Gasteiger partial charge is 0.0565 e. The van der Waals surface area contributed by atoms with Crippen LogP contribution in [0.5, 0.6) is 0 Å². The van der Waals surface area contributed by atoms with Crippen LogP contribution in [0.2, 0.25) is 0 Å². The molecule has 0 aliphatic rings. The third-order valence-corrected chi connectivity index (χ3v) is 2.37. The summed E-state index contributed by atoms with van der Waals surface area (Å²) in [6.07, 6.45) is 2.00.